The summed E-state index contributed by atoms with van der Waals surface area (Å²) in [4.78, 5) is 0. The molecule has 1 rings (SSSR count). The van der Waals surface area contributed by atoms with Gasteiger partial charge in [-0.25, -0.2) is 4.44 Å². The fourth-order valence-corrected chi connectivity index (χ4v) is 1.91. The molecule has 62 valence electrons. The highest BCUT2D eigenvalue weighted by molar-refractivity contribution is 7.26. The van der Waals surface area contributed by atoms with E-state index >= 15 is 0 Å². The number of hydrogen-bond acceptors (Lipinski definition) is 2. The fourth-order valence-electron chi connectivity index (χ4n) is 0.868. The zero-order chi connectivity index (χ0) is 8.48. The summed E-state index contributed by atoms with van der Waals surface area (Å²) in [7, 11) is 3.07. The van der Waals surface area contributed by atoms with E-state index in [0.29, 0.717) is 5.41 Å². The van der Waals surface area contributed by atoms with Crippen molar-refractivity contribution in [1.82, 2.24) is 14.8 Å². The van der Waals surface area contributed by atoms with Gasteiger partial charge in [0.25, 0.3) is 0 Å². The number of rotatable bonds is 1. The largest absolute Gasteiger partial charge is 0.230 e. The van der Waals surface area contributed by atoms with Gasteiger partial charge in [0.2, 0.25) is 0 Å². The first-order valence-electron chi connectivity index (χ1n) is 3.70. The van der Waals surface area contributed by atoms with E-state index in [0.717, 1.165) is 14.8 Å². The second-order valence-electron chi connectivity index (χ2n) is 3.93. The van der Waals surface area contributed by atoms with Crippen LogP contribution >= 0.6 is 8.35 Å². The van der Waals surface area contributed by atoms with E-state index in [1.165, 1.54) is 5.43 Å². The molecule has 0 aliphatic carbocycles. The van der Waals surface area contributed by atoms with Crippen LogP contribution in [-0.2, 0) is 13.5 Å². The minimum Gasteiger partial charge on any atom is -0.230 e. The molecule has 0 radical (unpaired) electrons. The standard InChI is InChI=1S/C7H14N3P/c1-7(2,3)5-6-8-9-10(4)11-6/h5H2,1-4H3. The van der Waals surface area contributed by atoms with Crippen molar-refractivity contribution in [3.8, 4) is 0 Å². The van der Waals surface area contributed by atoms with Gasteiger partial charge in [-0.3, -0.25) is 0 Å². The normalized spacial score (nSPS) is 12.7. The minimum absolute atomic E-state index is 0.326. The number of aromatic nitrogens is 3. The van der Waals surface area contributed by atoms with E-state index < -0.39 is 0 Å². The van der Waals surface area contributed by atoms with Crippen LogP contribution in [0.2, 0.25) is 0 Å². The molecule has 0 fully saturated rings. The van der Waals surface area contributed by atoms with Crippen molar-refractivity contribution >= 4 is 8.35 Å². The molecule has 0 atom stereocenters. The van der Waals surface area contributed by atoms with Gasteiger partial charge in [-0.05, 0) is 5.41 Å². The van der Waals surface area contributed by atoms with Crippen LogP contribution < -0.4 is 0 Å². The molecule has 0 amide bonds. The molecular formula is C7H14N3P. The molecular weight excluding hydrogens is 157 g/mol. The van der Waals surface area contributed by atoms with E-state index in [-0.39, 0.29) is 0 Å². The van der Waals surface area contributed by atoms with Gasteiger partial charge in [-0.15, -0.1) is 5.10 Å². The zero-order valence-corrected chi connectivity index (χ0v) is 8.39. The van der Waals surface area contributed by atoms with E-state index in [2.05, 4.69) is 31.1 Å². The predicted molar refractivity (Wildman–Crippen MR) is 46.7 cm³/mol. The Labute approximate surface area is 69.0 Å². The number of nitrogens with zero attached hydrogens (tertiary/aromatic N) is 3. The number of aryl methyl sites for hydroxylation is 1. The molecule has 0 aromatic carbocycles. The summed E-state index contributed by atoms with van der Waals surface area (Å²) < 4.78 is 1.83. The van der Waals surface area contributed by atoms with Crippen LogP contribution in [0.25, 0.3) is 0 Å². The molecule has 0 bridgehead atoms. The van der Waals surface area contributed by atoms with Crippen LogP contribution in [0, 0.1) is 5.41 Å². The summed E-state index contributed by atoms with van der Waals surface area (Å²) in [5.41, 5.74) is 1.49. The highest BCUT2D eigenvalue weighted by atomic mass is 31.0. The zero-order valence-electron chi connectivity index (χ0n) is 7.50. The van der Waals surface area contributed by atoms with Gasteiger partial charge in [0.15, 0.2) is 0 Å². The molecule has 1 heterocycles. The first kappa shape index (κ1) is 8.66. The average molecular weight is 171 g/mol. The molecule has 4 heteroatoms. The second kappa shape index (κ2) is 2.90. The third kappa shape index (κ3) is 2.98. The van der Waals surface area contributed by atoms with Crippen LogP contribution in [0.15, 0.2) is 0 Å². The monoisotopic (exact) mass is 171 g/mol. The summed E-state index contributed by atoms with van der Waals surface area (Å²) in [6.07, 6.45) is 1.03. The second-order valence-corrected chi connectivity index (χ2v) is 5.23. The lowest BCUT2D eigenvalue weighted by Gasteiger charge is -2.14. The molecule has 0 aliphatic rings. The molecule has 0 saturated heterocycles. The van der Waals surface area contributed by atoms with E-state index in [1.807, 2.05) is 11.5 Å². The highest BCUT2D eigenvalue weighted by Gasteiger charge is 2.13. The van der Waals surface area contributed by atoms with Gasteiger partial charge >= 0.3 is 0 Å². The minimum atomic E-state index is 0.326. The van der Waals surface area contributed by atoms with E-state index in [1.54, 1.807) is 0 Å². The summed E-state index contributed by atoms with van der Waals surface area (Å²) >= 11 is 0. The van der Waals surface area contributed by atoms with Crippen molar-refractivity contribution in [2.24, 2.45) is 12.5 Å². The Morgan fingerprint density at radius 3 is 2.45 bits per heavy atom. The fraction of sp³-hybridized carbons (Fsp3) is 0.857. The maximum absolute atomic E-state index is 4.06. The molecule has 0 aliphatic heterocycles. The quantitative estimate of drug-likeness (QED) is 0.646. The summed E-state index contributed by atoms with van der Waals surface area (Å²) in [5.74, 6) is 0. The third-order valence-corrected chi connectivity index (χ3v) is 2.09. The molecule has 0 spiro atoms. The summed E-state index contributed by atoms with van der Waals surface area (Å²) in [6.45, 7) is 6.64. The van der Waals surface area contributed by atoms with Crippen molar-refractivity contribution in [1.29, 1.82) is 0 Å². The first-order chi connectivity index (χ1) is 4.97. The van der Waals surface area contributed by atoms with Crippen molar-refractivity contribution < 1.29 is 0 Å². The van der Waals surface area contributed by atoms with Crippen LogP contribution in [0.5, 0.6) is 0 Å². The predicted octanol–water partition coefficient (Wildman–Crippen LogP) is 1.98. The Balaban J connectivity index is 2.65. The first-order valence-corrected chi connectivity index (χ1v) is 4.55. The molecule has 0 N–H and O–H groups in total. The SMILES string of the molecule is Cn1nnc(CC(C)(C)C)p1. The Hall–Kier alpha value is -0.430. The van der Waals surface area contributed by atoms with Gasteiger partial charge in [0.05, 0.1) is 8.35 Å². The lowest BCUT2D eigenvalue weighted by atomic mass is 9.93. The molecule has 1 aromatic heterocycles. The maximum Gasteiger partial charge on any atom is 0.111 e. The van der Waals surface area contributed by atoms with Gasteiger partial charge in [-0.2, -0.15) is 0 Å². The Kier molecular flexibility index (Phi) is 2.28. The van der Waals surface area contributed by atoms with Crippen LogP contribution in [0.1, 0.15) is 26.2 Å². The summed E-state index contributed by atoms with van der Waals surface area (Å²) in [6, 6.07) is 0. The topological polar surface area (TPSA) is 30.7 Å². The van der Waals surface area contributed by atoms with Crippen molar-refractivity contribution in [2.75, 3.05) is 0 Å². The molecule has 0 unspecified atom stereocenters. The maximum atomic E-state index is 4.06. The Morgan fingerprint density at radius 1 is 1.45 bits per heavy atom. The number of hydrogen-bond donors (Lipinski definition) is 0. The molecule has 11 heavy (non-hydrogen) atoms. The molecule has 1 aromatic rings. The molecule has 0 saturated carbocycles. The van der Waals surface area contributed by atoms with Crippen LogP contribution in [0.3, 0.4) is 0 Å². The van der Waals surface area contributed by atoms with Crippen molar-refractivity contribution in [3.05, 3.63) is 5.43 Å². The van der Waals surface area contributed by atoms with Crippen molar-refractivity contribution in [3.63, 3.8) is 0 Å². The third-order valence-electron chi connectivity index (χ3n) is 1.24. The lowest BCUT2D eigenvalue weighted by Crippen LogP contribution is -2.08. The van der Waals surface area contributed by atoms with Gasteiger partial charge in [0.1, 0.15) is 5.43 Å². The van der Waals surface area contributed by atoms with E-state index in [9.17, 15) is 0 Å². The Morgan fingerprint density at radius 2 is 2.09 bits per heavy atom. The van der Waals surface area contributed by atoms with E-state index in [4.69, 9.17) is 0 Å². The lowest BCUT2D eigenvalue weighted by molar-refractivity contribution is 0.409. The Bertz CT molecular complexity index is 236. The van der Waals surface area contributed by atoms with Crippen LogP contribution in [-0.4, -0.2) is 14.8 Å². The molecule has 3 nitrogen and oxygen atoms in total. The smallest absolute Gasteiger partial charge is 0.111 e. The highest BCUT2D eigenvalue weighted by Crippen LogP contribution is 2.22. The van der Waals surface area contributed by atoms with Crippen molar-refractivity contribution in [2.45, 2.75) is 27.2 Å². The summed E-state index contributed by atoms with van der Waals surface area (Å²) in [5, 5.41) is 7.97. The van der Waals surface area contributed by atoms with Gasteiger partial charge < -0.3 is 0 Å². The van der Waals surface area contributed by atoms with Crippen LogP contribution in [0.4, 0.5) is 0 Å². The average Bonchev–Trinajstić information content (AvgIpc) is 2.10. The van der Waals surface area contributed by atoms with Gasteiger partial charge in [-0.1, -0.05) is 26.0 Å². The van der Waals surface area contributed by atoms with Gasteiger partial charge in [0, 0.05) is 13.5 Å².